The fraction of sp³-hybridized carbons (Fsp3) is 0.600. The minimum Gasteiger partial charge on any atom is -0.508 e. The lowest BCUT2D eigenvalue weighted by atomic mass is 9.90. The van der Waals surface area contributed by atoms with Crippen LogP contribution in [0.5, 0.6) is 5.75 Å². The van der Waals surface area contributed by atoms with Gasteiger partial charge in [0.15, 0.2) is 0 Å². The summed E-state index contributed by atoms with van der Waals surface area (Å²) in [5, 5.41) is 9.31. The Bertz CT molecular complexity index is 550. The van der Waals surface area contributed by atoms with Crippen LogP contribution in [0, 0.1) is 0 Å². The molecule has 0 spiro atoms. The standard InChI is InChI=1S/C15H23NO3S/c1-15(2,3)20(18,19)16-10-8-13(9-11-16)12-4-6-14(17)7-5-12/h4-7,13,17H,8-11H2,1-3H3. The van der Waals surface area contributed by atoms with Gasteiger partial charge in [-0.3, -0.25) is 0 Å². The van der Waals surface area contributed by atoms with E-state index in [1.165, 1.54) is 5.56 Å². The minimum absolute atomic E-state index is 0.265. The second-order valence-electron chi connectivity index (χ2n) is 6.38. The Kier molecular flexibility index (Phi) is 4.12. The zero-order valence-corrected chi connectivity index (χ0v) is 13.2. The van der Waals surface area contributed by atoms with Crippen molar-refractivity contribution in [2.75, 3.05) is 13.1 Å². The number of aromatic hydroxyl groups is 1. The van der Waals surface area contributed by atoms with E-state index in [-0.39, 0.29) is 5.75 Å². The van der Waals surface area contributed by atoms with E-state index in [2.05, 4.69) is 0 Å². The molecule has 0 unspecified atom stereocenters. The average Bonchev–Trinajstić information content (AvgIpc) is 2.38. The molecular formula is C15H23NO3S. The van der Waals surface area contributed by atoms with Gasteiger partial charge in [-0.1, -0.05) is 12.1 Å². The van der Waals surface area contributed by atoms with Crippen molar-refractivity contribution in [1.29, 1.82) is 0 Å². The van der Waals surface area contributed by atoms with E-state index >= 15 is 0 Å². The lowest BCUT2D eigenvalue weighted by molar-refractivity contribution is 0.312. The van der Waals surface area contributed by atoms with Gasteiger partial charge in [0, 0.05) is 13.1 Å². The predicted octanol–water partition coefficient (Wildman–Crippen LogP) is 2.70. The smallest absolute Gasteiger partial charge is 0.219 e. The number of piperidine rings is 1. The van der Waals surface area contributed by atoms with E-state index in [0.717, 1.165) is 12.8 Å². The van der Waals surface area contributed by atoms with Crippen LogP contribution in [0.15, 0.2) is 24.3 Å². The van der Waals surface area contributed by atoms with Crippen molar-refractivity contribution in [3.05, 3.63) is 29.8 Å². The number of hydrogen-bond donors (Lipinski definition) is 1. The van der Waals surface area contributed by atoms with Crippen LogP contribution in [0.25, 0.3) is 0 Å². The third-order valence-corrected chi connectivity index (χ3v) is 6.52. The Morgan fingerprint density at radius 1 is 1.10 bits per heavy atom. The van der Waals surface area contributed by atoms with Crippen molar-refractivity contribution in [3.63, 3.8) is 0 Å². The summed E-state index contributed by atoms with van der Waals surface area (Å²) < 4.78 is 25.7. The first-order valence-electron chi connectivity index (χ1n) is 7.00. The zero-order valence-electron chi connectivity index (χ0n) is 12.3. The van der Waals surface area contributed by atoms with Crippen LogP contribution in [-0.4, -0.2) is 35.7 Å². The first-order chi connectivity index (χ1) is 9.22. The fourth-order valence-electron chi connectivity index (χ4n) is 2.56. The van der Waals surface area contributed by atoms with Crippen LogP contribution in [0.1, 0.15) is 45.1 Å². The minimum atomic E-state index is -3.22. The first kappa shape index (κ1) is 15.3. The molecule has 0 bridgehead atoms. The summed E-state index contributed by atoms with van der Waals surface area (Å²) in [6.07, 6.45) is 1.67. The first-order valence-corrected chi connectivity index (χ1v) is 8.44. The molecule has 1 saturated heterocycles. The largest absolute Gasteiger partial charge is 0.508 e. The maximum Gasteiger partial charge on any atom is 0.219 e. The molecule has 0 radical (unpaired) electrons. The maximum absolute atomic E-state index is 12.4. The molecule has 1 fully saturated rings. The van der Waals surface area contributed by atoms with Gasteiger partial charge >= 0.3 is 0 Å². The van der Waals surface area contributed by atoms with E-state index in [1.807, 2.05) is 12.1 Å². The van der Waals surface area contributed by atoms with Gasteiger partial charge < -0.3 is 5.11 Å². The average molecular weight is 297 g/mol. The van der Waals surface area contributed by atoms with Gasteiger partial charge in [0.05, 0.1) is 4.75 Å². The molecule has 0 aliphatic carbocycles. The molecule has 0 atom stereocenters. The van der Waals surface area contributed by atoms with Crippen molar-refractivity contribution in [2.24, 2.45) is 0 Å². The monoisotopic (exact) mass is 297 g/mol. The van der Waals surface area contributed by atoms with Crippen LogP contribution in [0.2, 0.25) is 0 Å². The number of benzene rings is 1. The molecule has 0 amide bonds. The highest BCUT2D eigenvalue weighted by Gasteiger charge is 2.37. The van der Waals surface area contributed by atoms with E-state index in [4.69, 9.17) is 0 Å². The molecule has 4 nitrogen and oxygen atoms in total. The van der Waals surface area contributed by atoms with E-state index in [9.17, 15) is 13.5 Å². The maximum atomic E-state index is 12.4. The lowest BCUT2D eigenvalue weighted by Gasteiger charge is -2.35. The molecule has 1 aliphatic rings. The Balaban J connectivity index is 2.05. The third-order valence-electron chi connectivity index (χ3n) is 3.93. The number of nitrogens with zero attached hydrogens (tertiary/aromatic N) is 1. The van der Waals surface area contributed by atoms with Gasteiger partial charge in [-0.15, -0.1) is 0 Å². The topological polar surface area (TPSA) is 57.6 Å². The van der Waals surface area contributed by atoms with Crippen LogP contribution in [0.4, 0.5) is 0 Å². The highest BCUT2D eigenvalue weighted by molar-refractivity contribution is 7.90. The fourth-order valence-corrected chi connectivity index (χ4v) is 4.03. The van der Waals surface area contributed by atoms with Crippen LogP contribution in [0.3, 0.4) is 0 Å². The van der Waals surface area contributed by atoms with Crippen LogP contribution in [-0.2, 0) is 10.0 Å². The Labute approximate surface area is 121 Å². The van der Waals surface area contributed by atoms with Crippen LogP contribution >= 0.6 is 0 Å². The molecule has 0 saturated carbocycles. The zero-order chi connectivity index (χ0) is 15.0. The molecule has 2 rings (SSSR count). The summed E-state index contributed by atoms with van der Waals surface area (Å²) >= 11 is 0. The number of phenols is 1. The highest BCUT2D eigenvalue weighted by atomic mass is 32.2. The molecule has 112 valence electrons. The number of hydrogen-bond acceptors (Lipinski definition) is 3. The van der Waals surface area contributed by atoms with Gasteiger partial charge in [-0.2, -0.15) is 0 Å². The molecule has 1 aromatic rings. The predicted molar refractivity (Wildman–Crippen MR) is 80.3 cm³/mol. The summed E-state index contributed by atoms with van der Waals surface area (Å²) in [6, 6.07) is 7.23. The normalized spacial score (nSPS) is 19.1. The number of phenolic OH excluding ortho intramolecular Hbond substituents is 1. The van der Waals surface area contributed by atoms with E-state index in [0.29, 0.717) is 19.0 Å². The van der Waals surface area contributed by atoms with Gasteiger partial charge in [0.25, 0.3) is 0 Å². The summed E-state index contributed by atoms with van der Waals surface area (Å²) in [4.78, 5) is 0. The highest BCUT2D eigenvalue weighted by Crippen LogP contribution is 2.32. The lowest BCUT2D eigenvalue weighted by Crippen LogP contribution is -2.46. The van der Waals surface area contributed by atoms with Crippen molar-refractivity contribution >= 4 is 10.0 Å². The van der Waals surface area contributed by atoms with Gasteiger partial charge in [0.2, 0.25) is 10.0 Å². The van der Waals surface area contributed by atoms with Gasteiger partial charge in [0.1, 0.15) is 5.75 Å². The third kappa shape index (κ3) is 2.99. The summed E-state index contributed by atoms with van der Waals surface area (Å²) in [5.74, 6) is 0.642. The second kappa shape index (κ2) is 5.37. The quantitative estimate of drug-likeness (QED) is 0.913. The second-order valence-corrected chi connectivity index (χ2v) is 9.07. The van der Waals surface area contributed by atoms with Gasteiger partial charge in [-0.25, -0.2) is 12.7 Å². The van der Waals surface area contributed by atoms with Crippen molar-refractivity contribution < 1.29 is 13.5 Å². The molecule has 1 aliphatic heterocycles. The summed E-state index contributed by atoms with van der Waals surface area (Å²) in [5.41, 5.74) is 1.18. The number of sulfonamides is 1. The molecular weight excluding hydrogens is 274 g/mol. The Morgan fingerprint density at radius 2 is 1.60 bits per heavy atom. The molecule has 20 heavy (non-hydrogen) atoms. The Morgan fingerprint density at radius 3 is 2.05 bits per heavy atom. The molecule has 5 heteroatoms. The molecule has 1 N–H and O–H groups in total. The van der Waals surface area contributed by atoms with E-state index in [1.54, 1.807) is 37.2 Å². The molecule has 1 aromatic carbocycles. The van der Waals surface area contributed by atoms with Crippen LogP contribution < -0.4 is 0 Å². The summed E-state index contributed by atoms with van der Waals surface area (Å²) in [7, 11) is -3.22. The van der Waals surface area contributed by atoms with Crippen molar-refractivity contribution in [2.45, 2.75) is 44.3 Å². The van der Waals surface area contributed by atoms with Crippen molar-refractivity contribution in [1.82, 2.24) is 4.31 Å². The molecule has 1 heterocycles. The SMILES string of the molecule is CC(C)(C)S(=O)(=O)N1CCC(c2ccc(O)cc2)CC1. The van der Waals surface area contributed by atoms with Crippen molar-refractivity contribution in [3.8, 4) is 5.75 Å². The molecule has 0 aromatic heterocycles. The number of rotatable bonds is 2. The van der Waals surface area contributed by atoms with E-state index < -0.39 is 14.8 Å². The summed E-state index contributed by atoms with van der Waals surface area (Å²) in [6.45, 7) is 6.38. The Hall–Kier alpha value is -1.07. The van der Waals surface area contributed by atoms with Gasteiger partial charge in [-0.05, 0) is 57.2 Å².